The summed E-state index contributed by atoms with van der Waals surface area (Å²) >= 11 is 1.26. The Morgan fingerprint density at radius 1 is 0.897 bits per heavy atom. The third kappa shape index (κ3) is 6.96. The van der Waals surface area contributed by atoms with Gasteiger partial charge in [-0.05, 0) is 46.2 Å². The molecule has 4 aromatic rings. The van der Waals surface area contributed by atoms with Crippen LogP contribution in [0.3, 0.4) is 0 Å². The summed E-state index contributed by atoms with van der Waals surface area (Å²) < 4.78 is 32.8. The number of ether oxygens (including phenoxy) is 1. The predicted octanol–water partition coefficient (Wildman–Crippen LogP) is 6.01. The summed E-state index contributed by atoms with van der Waals surface area (Å²) in [6, 6.07) is 20.2. The fourth-order valence-electron chi connectivity index (χ4n) is 4.08. The van der Waals surface area contributed by atoms with E-state index in [4.69, 9.17) is 4.74 Å². The topological polar surface area (TPSA) is 114 Å². The lowest BCUT2D eigenvalue weighted by Gasteiger charge is -2.23. The second-order valence-corrected chi connectivity index (χ2v) is 13.0. The van der Waals surface area contributed by atoms with Crippen LogP contribution in [-0.4, -0.2) is 33.6 Å². The van der Waals surface area contributed by atoms with Crippen molar-refractivity contribution in [2.45, 2.75) is 32.6 Å². The van der Waals surface area contributed by atoms with Crippen LogP contribution in [-0.2, 0) is 26.7 Å². The van der Waals surface area contributed by atoms with Crippen LogP contribution in [0.25, 0.3) is 10.1 Å². The Labute approximate surface area is 232 Å². The van der Waals surface area contributed by atoms with Gasteiger partial charge >= 0.3 is 0 Å². The van der Waals surface area contributed by atoms with Gasteiger partial charge in [-0.3, -0.25) is 14.3 Å². The van der Waals surface area contributed by atoms with Crippen LogP contribution in [0.5, 0.6) is 5.75 Å². The number of anilines is 3. The molecule has 0 atom stereocenters. The normalized spacial score (nSPS) is 11.7. The van der Waals surface area contributed by atoms with Crippen LogP contribution in [0.1, 0.15) is 41.6 Å². The smallest absolute Gasteiger partial charge is 0.265 e. The summed E-state index contributed by atoms with van der Waals surface area (Å²) in [7, 11) is -2.18. The average molecular weight is 566 g/mol. The summed E-state index contributed by atoms with van der Waals surface area (Å²) in [5, 5.41) is 6.67. The summed E-state index contributed by atoms with van der Waals surface area (Å²) in [6.07, 6.45) is 1.30. The number of rotatable bonds is 8. The summed E-state index contributed by atoms with van der Waals surface area (Å²) in [6.45, 7) is 5.97. The van der Waals surface area contributed by atoms with E-state index < -0.39 is 10.0 Å². The van der Waals surface area contributed by atoms with Crippen LogP contribution in [0.15, 0.2) is 66.7 Å². The van der Waals surface area contributed by atoms with Crippen molar-refractivity contribution in [3.8, 4) is 5.75 Å². The molecule has 1 aromatic heterocycles. The van der Waals surface area contributed by atoms with Crippen molar-refractivity contribution in [2.24, 2.45) is 0 Å². The Kier molecular flexibility index (Phi) is 7.99. The van der Waals surface area contributed by atoms with Crippen molar-refractivity contribution in [3.63, 3.8) is 0 Å². The van der Waals surface area contributed by atoms with E-state index in [9.17, 15) is 18.0 Å². The average Bonchev–Trinajstić information content (AvgIpc) is 3.29. The van der Waals surface area contributed by atoms with Crippen molar-refractivity contribution in [1.29, 1.82) is 0 Å². The largest absolute Gasteiger partial charge is 0.492 e. The zero-order valence-corrected chi connectivity index (χ0v) is 24.0. The number of hydrogen-bond donors (Lipinski definition) is 3. The highest BCUT2D eigenvalue weighted by Gasteiger charge is 2.23. The Balaban J connectivity index is 1.64. The molecule has 0 radical (unpaired) electrons. The van der Waals surface area contributed by atoms with Gasteiger partial charge in [0.1, 0.15) is 0 Å². The molecule has 204 valence electrons. The maximum atomic E-state index is 13.4. The molecule has 0 bridgehead atoms. The van der Waals surface area contributed by atoms with Gasteiger partial charge in [0.15, 0.2) is 5.75 Å². The predicted molar refractivity (Wildman–Crippen MR) is 159 cm³/mol. The number of amides is 2. The molecule has 1 heterocycles. The molecule has 10 heteroatoms. The van der Waals surface area contributed by atoms with Crippen molar-refractivity contribution in [2.75, 3.05) is 28.7 Å². The maximum Gasteiger partial charge on any atom is 0.265 e. The lowest BCUT2D eigenvalue weighted by Crippen LogP contribution is -2.18. The van der Waals surface area contributed by atoms with Gasteiger partial charge in [0.2, 0.25) is 15.9 Å². The van der Waals surface area contributed by atoms with Gasteiger partial charge in [0.25, 0.3) is 5.91 Å². The number of benzene rings is 3. The Hall–Kier alpha value is -3.89. The van der Waals surface area contributed by atoms with Gasteiger partial charge in [-0.15, -0.1) is 11.3 Å². The quantitative estimate of drug-likeness (QED) is 0.242. The molecule has 8 nitrogen and oxygen atoms in total. The van der Waals surface area contributed by atoms with Crippen molar-refractivity contribution >= 4 is 60.3 Å². The first-order valence-electron chi connectivity index (χ1n) is 12.2. The molecular weight excluding hydrogens is 534 g/mol. The molecular formula is C29H31N3O5S2. The maximum absolute atomic E-state index is 13.4. The molecule has 2 amide bonds. The molecule has 3 aromatic carbocycles. The van der Waals surface area contributed by atoms with E-state index >= 15 is 0 Å². The highest BCUT2D eigenvalue weighted by molar-refractivity contribution is 7.92. The zero-order valence-electron chi connectivity index (χ0n) is 22.4. The van der Waals surface area contributed by atoms with Gasteiger partial charge in [-0.1, -0.05) is 63.2 Å². The molecule has 0 saturated heterocycles. The van der Waals surface area contributed by atoms with Crippen molar-refractivity contribution in [1.82, 2.24) is 0 Å². The third-order valence-corrected chi connectivity index (χ3v) is 7.73. The number of carbonyl (C=O) groups is 2. The van der Waals surface area contributed by atoms with Crippen LogP contribution < -0.4 is 20.1 Å². The molecule has 4 rings (SSSR count). The number of sulfonamides is 1. The fraction of sp³-hybridized carbons (Fsp3) is 0.241. The Morgan fingerprint density at radius 2 is 1.59 bits per heavy atom. The van der Waals surface area contributed by atoms with E-state index in [1.807, 2.05) is 69.3 Å². The van der Waals surface area contributed by atoms with Gasteiger partial charge in [0.05, 0.1) is 46.4 Å². The monoisotopic (exact) mass is 565 g/mol. The van der Waals surface area contributed by atoms with Crippen LogP contribution >= 0.6 is 11.3 Å². The molecule has 0 aliphatic heterocycles. The van der Waals surface area contributed by atoms with E-state index in [1.54, 1.807) is 18.2 Å². The lowest BCUT2D eigenvalue weighted by molar-refractivity contribution is -0.115. The molecule has 0 fully saturated rings. The Bertz CT molecular complexity index is 1640. The van der Waals surface area contributed by atoms with Crippen LogP contribution in [0.2, 0.25) is 0 Å². The highest BCUT2D eigenvalue weighted by atomic mass is 32.2. The molecule has 0 saturated carbocycles. The molecule has 0 aliphatic rings. The molecule has 0 spiro atoms. The van der Waals surface area contributed by atoms with Gasteiger partial charge < -0.3 is 15.4 Å². The van der Waals surface area contributed by atoms with Gasteiger partial charge in [-0.25, -0.2) is 8.42 Å². The standard InChI is InChI=1S/C29H31N3O5S2/c1-29(2,3)20-16-22(26(37-4)23(17-20)32-39(5,35)36)31-28(34)24-15-19-12-9-13-21(27(19)38-24)30-25(33)14-18-10-7-6-8-11-18/h6-13,15-17,32H,14H2,1-5H3,(H,30,33)(H,31,34). The van der Waals surface area contributed by atoms with E-state index in [0.717, 1.165) is 27.5 Å². The Morgan fingerprint density at radius 3 is 2.23 bits per heavy atom. The van der Waals surface area contributed by atoms with Gasteiger partial charge in [-0.2, -0.15) is 0 Å². The van der Waals surface area contributed by atoms with Gasteiger partial charge in [0, 0.05) is 0 Å². The first-order chi connectivity index (χ1) is 18.3. The molecule has 0 unspecified atom stereocenters. The minimum Gasteiger partial charge on any atom is -0.492 e. The molecule has 3 N–H and O–H groups in total. The second-order valence-electron chi connectivity index (χ2n) is 10.2. The van der Waals surface area contributed by atoms with E-state index in [0.29, 0.717) is 16.3 Å². The number of fused-ring (bicyclic) bond motifs is 1. The second kappa shape index (κ2) is 11.1. The van der Waals surface area contributed by atoms with E-state index in [2.05, 4.69) is 15.4 Å². The summed E-state index contributed by atoms with van der Waals surface area (Å²) in [5.41, 5.74) is 2.60. The molecule has 0 aliphatic carbocycles. The first-order valence-corrected chi connectivity index (χ1v) is 14.9. The van der Waals surface area contributed by atoms with E-state index in [1.165, 1.54) is 18.4 Å². The minimum atomic E-state index is -3.60. The summed E-state index contributed by atoms with van der Waals surface area (Å²) in [5.74, 6) is -0.327. The zero-order chi connectivity index (χ0) is 28.4. The van der Waals surface area contributed by atoms with Crippen LogP contribution in [0, 0.1) is 0 Å². The minimum absolute atomic E-state index is 0.150. The third-order valence-electron chi connectivity index (χ3n) is 5.95. The number of methoxy groups -OCH3 is 1. The van der Waals surface area contributed by atoms with Crippen LogP contribution in [0.4, 0.5) is 17.1 Å². The van der Waals surface area contributed by atoms with Crippen molar-refractivity contribution < 1.29 is 22.7 Å². The lowest BCUT2D eigenvalue weighted by atomic mass is 9.86. The van der Waals surface area contributed by atoms with E-state index in [-0.39, 0.29) is 35.1 Å². The van der Waals surface area contributed by atoms with Crippen molar-refractivity contribution in [3.05, 3.63) is 82.7 Å². The summed E-state index contributed by atoms with van der Waals surface area (Å²) in [4.78, 5) is 26.5. The molecule has 39 heavy (non-hydrogen) atoms. The SMILES string of the molecule is COc1c(NC(=O)c2cc3cccc(NC(=O)Cc4ccccc4)c3s2)cc(C(C)(C)C)cc1NS(C)(=O)=O. The first kappa shape index (κ1) is 28.1. The number of carbonyl (C=O) groups excluding carboxylic acids is 2. The highest BCUT2D eigenvalue weighted by Crippen LogP contribution is 2.40. The number of nitrogens with one attached hydrogen (secondary N) is 3. The fourth-order valence-corrected chi connectivity index (χ4v) is 5.66. The number of thiophene rings is 1. The number of hydrogen-bond acceptors (Lipinski definition) is 6.